The number of carboxylic acid groups (broad SMARTS) is 1. The molecule has 0 spiro atoms. The lowest BCUT2D eigenvalue weighted by Gasteiger charge is -2.07. The van der Waals surface area contributed by atoms with Crippen LogP contribution in [0.1, 0.15) is 5.56 Å². The third kappa shape index (κ3) is 3.97. The molecule has 19 heavy (non-hydrogen) atoms. The Balaban J connectivity index is 3.17. The average molecular weight is 294 g/mol. The second-order valence-electron chi connectivity index (χ2n) is 3.75. The van der Waals surface area contributed by atoms with Gasteiger partial charge in [-0.15, -0.1) is 0 Å². The molecule has 0 fully saturated rings. The van der Waals surface area contributed by atoms with Gasteiger partial charge in [0.25, 0.3) is 0 Å². The number of hydrogen-bond acceptors (Lipinski definition) is 4. The van der Waals surface area contributed by atoms with Gasteiger partial charge in [0.05, 0.1) is 23.7 Å². The SMILES string of the molecule is COCCS(=O)(=O)c1cc(F)c(CC(=O)O)c(F)c1. The highest BCUT2D eigenvalue weighted by Gasteiger charge is 2.21. The lowest BCUT2D eigenvalue weighted by molar-refractivity contribution is -0.136. The smallest absolute Gasteiger partial charge is 0.308 e. The van der Waals surface area contributed by atoms with E-state index in [2.05, 4.69) is 4.74 Å². The van der Waals surface area contributed by atoms with Crippen molar-refractivity contribution in [3.63, 3.8) is 0 Å². The van der Waals surface area contributed by atoms with E-state index < -0.39 is 50.1 Å². The monoisotopic (exact) mass is 294 g/mol. The van der Waals surface area contributed by atoms with Crippen LogP contribution in [-0.4, -0.2) is 39.0 Å². The molecule has 1 aromatic rings. The number of sulfone groups is 1. The summed E-state index contributed by atoms with van der Waals surface area (Å²) in [5, 5.41) is 8.49. The standard InChI is InChI=1S/C11H12F2O5S/c1-18-2-3-19(16,17)7-4-9(12)8(6-11(14)15)10(13)5-7/h4-5H,2-3,6H2,1H3,(H,14,15). The van der Waals surface area contributed by atoms with Gasteiger partial charge >= 0.3 is 5.97 Å². The lowest BCUT2D eigenvalue weighted by atomic mass is 10.1. The van der Waals surface area contributed by atoms with Crippen molar-refractivity contribution in [2.45, 2.75) is 11.3 Å². The molecule has 0 aliphatic heterocycles. The van der Waals surface area contributed by atoms with E-state index in [1.807, 2.05) is 0 Å². The molecule has 0 aliphatic carbocycles. The number of rotatable bonds is 6. The van der Waals surface area contributed by atoms with E-state index in [4.69, 9.17) is 5.11 Å². The minimum absolute atomic E-state index is 0.109. The summed E-state index contributed by atoms with van der Waals surface area (Å²) in [6, 6.07) is 1.23. The molecule has 0 aliphatic rings. The van der Waals surface area contributed by atoms with E-state index in [9.17, 15) is 22.0 Å². The van der Waals surface area contributed by atoms with E-state index in [1.54, 1.807) is 0 Å². The minimum Gasteiger partial charge on any atom is -0.481 e. The van der Waals surface area contributed by atoms with Gasteiger partial charge in [0.1, 0.15) is 11.6 Å². The van der Waals surface area contributed by atoms with Gasteiger partial charge in [-0.25, -0.2) is 17.2 Å². The van der Waals surface area contributed by atoms with Crippen molar-refractivity contribution in [1.29, 1.82) is 0 Å². The van der Waals surface area contributed by atoms with Crippen LogP contribution in [0.15, 0.2) is 17.0 Å². The molecule has 0 heterocycles. The van der Waals surface area contributed by atoms with E-state index in [-0.39, 0.29) is 6.61 Å². The summed E-state index contributed by atoms with van der Waals surface area (Å²) in [5.41, 5.74) is -0.668. The van der Waals surface area contributed by atoms with Gasteiger partial charge < -0.3 is 9.84 Å². The number of ether oxygens (including phenoxy) is 1. The van der Waals surface area contributed by atoms with Gasteiger partial charge in [-0.2, -0.15) is 0 Å². The molecular weight excluding hydrogens is 282 g/mol. The second-order valence-corrected chi connectivity index (χ2v) is 5.86. The predicted molar refractivity (Wildman–Crippen MR) is 61.6 cm³/mol. The normalized spacial score (nSPS) is 11.5. The van der Waals surface area contributed by atoms with Gasteiger partial charge in [0.15, 0.2) is 9.84 Å². The summed E-state index contributed by atoms with van der Waals surface area (Å²) < 4.78 is 55.0. The van der Waals surface area contributed by atoms with E-state index in [1.165, 1.54) is 7.11 Å². The Morgan fingerprint density at radius 1 is 1.32 bits per heavy atom. The minimum atomic E-state index is -3.87. The van der Waals surface area contributed by atoms with Crippen molar-refractivity contribution in [2.24, 2.45) is 0 Å². The number of methoxy groups -OCH3 is 1. The van der Waals surface area contributed by atoms with Crippen molar-refractivity contribution < 1.29 is 31.8 Å². The first kappa shape index (κ1) is 15.5. The number of halogens is 2. The average Bonchev–Trinajstić information content (AvgIpc) is 2.30. The Bertz CT molecular complexity index is 560. The largest absolute Gasteiger partial charge is 0.481 e. The summed E-state index contributed by atoms with van der Waals surface area (Å²) in [4.78, 5) is 9.89. The number of carbonyl (C=O) groups is 1. The molecule has 8 heteroatoms. The molecule has 0 saturated carbocycles. The van der Waals surface area contributed by atoms with Gasteiger partial charge in [0, 0.05) is 12.7 Å². The zero-order valence-electron chi connectivity index (χ0n) is 10.0. The molecule has 0 unspecified atom stereocenters. The number of benzene rings is 1. The van der Waals surface area contributed by atoms with Crippen LogP contribution in [0, 0.1) is 11.6 Å². The van der Waals surface area contributed by atoms with Crippen LogP contribution in [0.5, 0.6) is 0 Å². The number of aliphatic carboxylic acids is 1. The number of hydrogen-bond donors (Lipinski definition) is 1. The maximum absolute atomic E-state index is 13.5. The van der Waals surface area contributed by atoms with E-state index in [0.29, 0.717) is 12.1 Å². The summed E-state index contributed by atoms with van der Waals surface area (Å²) in [6.45, 7) is -0.109. The molecule has 0 atom stereocenters. The molecule has 0 amide bonds. The second kappa shape index (κ2) is 6.07. The first-order valence-corrected chi connectivity index (χ1v) is 6.84. The van der Waals surface area contributed by atoms with E-state index in [0.717, 1.165) is 0 Å². The van der Waals surface area contributed by atoms with Crippen molar-refractivity contribution in [3.05, 3.63) is 29.3 Å². The Kier molecular flexibility index (Phi) is 4.96. The Morgan fingerprint density at radius 2 is 1.84 bits per heavy atom. The molecular formula is C11H12F2O5S. The summed E-state index contributed by atoms with van der Waals surface area (Å²) in [6.07, 6.45) is -0.851. The van der Waals surface area contributed by atoms with Gasteiger partial charge in [-0.1, -0.05) is 0 Å². The molecule has 0 aromatic heterocycles. The van der Waals surface area contributed by atoms with Crippen molar-refractivity contribution >= 4 is 15.8 Å². The zero-order valence-corrected chi connectivity index (χ0v) is 10.8. The maximum atomic E-state index is 13.5. The lowest BCUT2D eigenvalue weighted by Crippen LogP contribution is -2.13. The molecule has 1 rings (SSSR count). The topological polar surface area (TPSA) is 80.7 Å². The van der Waals surface area contributed by atoms with Crippen LogP contribution in [0.2, 0.25) is 0 Å². The third-order valence-electron chi connectivity index (χ3n) is 2.36. The first-order valence-electron chi connectivity index (χ1n) is 5.19. The summed E-state index contributed by atoms with van der Waals surface area (Å²) >= 11 is 0. The van der Waals surface area contributed by atoms with Crippen LogP contribution < -0.4 is 0 Å². The Hall–Kier alpha value is -1.54. The summed E-state index contributed by atoms with van der Waals surface area (Å²) in [5.74, 6) is -4.22. The predicted octanol–water partition coefficient (Wildman–Crippen LogP) is 1.01. The molecule has 5 nitrogen and oxygen atoms in total. The Morgan fingerprint density at radius 3 is 2.26 bits per heavy atom. The van der Waals surface area contributed by atoms with Crippen LogP contribution in [-0.2, 0) is 25.8 Å². The Labute approximate surface area is 108 Å². The highest BCUT2D eigenvalue weighted by Crippen LogP contribution is 2.20. The molecule has 0 bridgehead atoms. The fraction of sp³-hybridized carbons (Fsp3) is 0.364. The zero-order chi connectivity index (χ0) is 14.6. The molecule has 0 radical (unpaired) electrons. The van der Waals surface area contributed by atoms with Crippen molar-refractivity contribution in [2.75, 3.05) is 19.5 Å². The summed E-state index contributed by atoms with van der Waals surface area (Å²) in [7, 11) is -2.57. The molecule has 1 N–H and O–H groups in total. The van der Waals surface area contributed by atoms with Gasteiger partial charge in [0.2, 0.25) is 0 Å². The van der Waals surface area contributed by atoms with Crippen molar-refractivity contribution in [3.8, 4) is 0 Å². The quantitative estimate of drug-likeness (QED) is 0.847. The highest BCUT2D eigenvalue weighted by molar-refractivity contribution is 7.91. The fourth-order valence-electron chi connectivity index (χ4n) is 1.39. The maximum Gasteiger partial charge on any atom is 0.308 e. The van der Waals surface area contributed by atoms with Crippen molar-refractivity contribution in [1.82, 2.24) is 0 Å². The van der Waals surface area contributed by atoms with Crippen LogP contribution in [0.3, 0.4) is 0 Å². The molecule has 106 valence electrons. The third-order valence-corrected chi connectivity index (χ3v) is 4.02. The van der Waals surface area contributed by atoms with Gasteiger partial charge in [-0.05, 0) is 12.1 Å². The first-order chi connectivity index (χ1) is 8.77. The van der Waals surface area contributed by atoms with Crippen LogP contribution in [0.4, 0.5) is 8.78 Å². The molecule has 1 aromatic carbocycles. The fourth-order valence-corrected chi connectivity index (χ4v) is 2.58. The van der Waals surface area contributed by atoms with Crippen LogP contribution in [0.25, 0.3) is 0 Å². The van der Waals surface area contributed by atoms with Crippen LogP contribution >= 0.6 is 0 Å². The molecule has 0 saturated heterocycles. The van der Waals surface area contributed by atoms with Gasteiger partial charge in [-0.3, -0.25) is 4.79 Å². The number of carboxylic acids is 1. The van der Waals surface area contributed by atoms with E-state index >= 15 is 0 Å². The highest BCUT2D eigenvalue weighted by atomic mass is 32.2.